The van der Waals surface area contributed by atoms with E-state index < -0.39 is 5.97 Å². The summed E-state index contributed by atoms with van der Waals surface area (Å²) in [6.45, 7) is 1.34. The van der Waals surface area contributed by atoms with Gasteiger partial charge in [-0.05, 0) is 38.0 Å². The standard InChI is InChI=1S/C12H20N2O3/c15-11(16)2-1-7-13-12(17)14(10-5-6-10)8-9-3-4-9/h9-10H,1-8H2,(H,13,17)(H,15,16). The molecule has 0 unspecified atom stereocenters. The van der Waals surface area contributed by atoms with Gasteiger partial charge in [0, 0.05) is 25.6 Å². The van der Waals surface area contributed by atoms with Gasteiger partial charge in [-0.3, -0.25) is 4.79 Å². The Labute approximate surface area is 101 Å². The molecule has 0 atom stereocenters. The van der Waals surface area contributed by atoms with Gasteiger partial charge in [-0.25, -0.2) is 4.79 Å². The van der Waals surface area contributed by atoms with Gasteiger partial charge in [-0.15, -0.1) is 0 Å². The van der Waals surface area contributed by atoms with Gasteiger partial charge in [-0.1, -0.05) is 0 Å². The molecule has 2 amide bonds. The van der Waals surface area contributed by atoms with Crippen molar-refractivity contribution >= 4 is 12.0 Å². The number of carbonyl (C=O) groups excluding carboxylic acids is 1. The van der Waals surface area contributed by atoms with Gasteiger partial charge in [0.05, 0.1) is 0 Å². The second kappa shape index (κ2) is 5.38. The van der Waals surface area contributed by atoms with Crippen LogP contribution in [0.5, 0.6) is 0 Å². The van der Waals surface area contributed by atoms with Gasteiger partial charge in [-0.2, -0.15) is 0 Å². The van der Waals surface area contributed by atoms with Crippen molar-refractivity contribution in [2.24, 2.45) is 5.92 Å². The molecule has 2 rings (SSSR count). The van der Waals surface area contributed by atoms with Crippen LogP contribution >= 0.6 is 0 Å². The highest BCUT2D eigenvalue weighted by molar-refractivity contribution is 5.75. The first-order valence-corrected chi connectivity index (χ1v) is 6.43. The van der Waals surface area contributed by atoms with Crippen molar-refractivity contribution in [3.05, 3.63) is 0 Å². The number of urea groups is 1. The van der Waals surface area contributed by atoms with Crippen LogP contribution in [0.15, 0.2) is 0 Å². The fourth-order valence-corrected chi connectivity index (χ4v) is 1.90. The van der Waals surface area contributed by atoms with Crippen LogP contribution < -0.4 is 5.32 Å². The molecule has 0 spiro atoms. The molecule has 17 heavy (non-hydrogen) atoms. The Morgan fingerprint density at radius 1 is 1.24 bits per heavy atom. The number of carbonyl (C=O) groups is 2. The Kier molecular flexibility index (Phi) is 3.86. The minimum absolute atomic E-state index is 0.00945. The van der Waals surface area contributed by atoms with Crippen molar-refractivity contribution in [2.45, 2.75) is 44.6 Å². The molecule has 0 aromatic carbocycles. The lowest BCUT2D eigenvalue weighted by molar-refractivity contribution is -0.137. The van der Waals surface area contributed by atoms with Crippen LogP contribution in [0.25, 0.3) is 0 Å². The number of rotatable bonds is 7. The van der Waals surface area contributed by atoms with Crippen LogP contribution in [0.2, 0.25) is 0 Å². The summed E-state index contributed by atoms with van der Waals surface area (Å²) in [7, 11) is 0. The summed E-state index contributed by atoms with van der Waals surface area (Å²) in [6.07, 6.45) is 5.35. The molecule has 0 bridgehead atoms. The maximum Gasteiger partial charge on any atom is 0.317 e. The van der Waals surface area contributed by atoms with Gasteiger partial charge in [0.2, 0.25) is 0 Å². The fraction of sp³-hybridized carbons (Fsp3) is 0.833. The quantitative estimate of drug-likeness (QED) is 0.661. The number of aliphatic carboxylic acids is 1. The number of carboxylic acids is 1. The van der Waals surface area contributed by atoms with E-state index in [1.807, 2.05) is 4.90 Å². The maximum absolute atomic E-state index is 11.9. The van der Waals surface area contributed by atoms with Crippen molar-refractivity contribution in [3.8, 4) is 0 Å². The smallest absolute Gasteiger partial charge is 0.317 e. The monoisotopic (exact) mass is 240 g/mol. The minimum Gasteiger partial charge on any atom is -0.481 e. The zero-order chi connectivity index (χ0) is 12.3. The van der Waals surface area contributed by atoms with E-state index in [1.54, 1.807) is 0 Å². The highest BCUT2D eigenvalue weighted by Crippen LogP contribution is 2.34. The molecular formula is C12H20N2O3. The Hall–Kier alpha value is -1.26. The molecule has 2 aliphatic rings. The summed E-state index contributed by atoms with van der Waals surface area (Å²) >= 11 is 0. The Balaban J connectivity index is 1.66. The van der Waals surface area contributed by atoms with Crippen LogP contribution in [0.3, 0.4) is 0 Å². The minimum atomic E-state index is -0.809. The maximum atomic E-state index is 11.9. The van der Waals surface area contributed by atoms with Crippen LogP contribution in [0.1, 0.15) is 38.5 Å². The predicted molar refractivity (Wildman–Crippen MR) is 62.7 cm³/mol. The summed E-state index contributed by atoms with van der Waals surface area (Å²) in [5, 5.41) is 11.3. The third-order valence-corrected chi connectivity index (χ3v) is 3.24. The highest BCUT2D eigenvalue weighted by atomic mass is 16.4. The summed E-state index contributed by atoms with van der Waals surface area (Å²) in [5.41, 5.74) is 0. The first-order chi connectivity index (χ1) is 8.16. The topological polar surface area (TPSA) is 69.6 Å². The van der Waals surface area contributed by atoms with Crippen LogP contribution in [-0.2, 0) is 4.79 Å². The van der Waals surface area contributed by atoms with E-state index in [4.69, 9.17) is 5.11 Å². The van der Waals surface area contributed by atoms with E-state index in [9.17, 15) is 9.59 Å². The summed E-state index contributed by atoms with van der Waals surface area (Å²) < 4.78 is 0. The zero-order valence-electron chi connectivity index (χ0n) is 10.0. The van der Waals surface area contributed by atoms with Gasteiger partial charge >= 0.3 is 12.0 Å². The molecule has 5 nitrogen and oxygen atoms in total. The molecule has 0 aromatic rings. The Bertz CT molecular complexity index is 298. The third kappa shape index (κ3) is 4.24. The molecule has 0 radical (unpaired) electrons. The molecule has 0 aliphatic heterocycles. The van der Waals surface area contributed by atoms with Crippen LogP contribution in [-0.4, -0.2) is 41.1 Å². The van der Waals surface area contributed by atoms with Crippen molar-refractivity contribution < 1.29 is 14.7 Å². The van der Waals surface area contributed by atoms with Crippen molar-refractivity contribution in [1.29, 1.82) is 0 Å². The molecule has 0 saturated heterocycles. The van der Waals surface area contributed by atoms with E-state index in [2.05, 4.69) is 5.32 Å². The number of carboxylic acid groups (broad SMARTS) is 1. The lowest BCUT2D eigenvalue weighted by Crippen LogP contribution is -2.42. The second-order valence-corrected chi connectivity index (χ2v) is 5.06. The van der Waals surface area contributed by atoms with E-state index in [0.717, 1.165) is 19.4 Å². The van der Waals surface area contributed by atoms with E-state index >= 15 is 0 Å². The van der Waals surface area contributed by atoms with Gasteiger partial charge in [0.25, 0.3) is 0 Å². The SMILES string of the molecule is O=C(O)CCCNC(=O)N(CC1CC1)C1CC1. The van der Waals surface area contributed by atoms with Crippen LogP contribution in [0, 0.1) is 5.92 Å². The number of amides is 2. The van der Waals surface area contributed by atoms with Gasteiger partial charge in [0.15, 0.2) is 0 Å². The predicted octanol–water partition coefficient (Wildman–Crippen LogP) is 1.44. The molecular weight excluding hydrogens is 220 g/mol. The third-order valence-electron chi connectivity index (χ3n) is 3.24. The number of hydrogen-bond acceptors (Lipinski definition) is 2. The molecule has 0 heterocycles. The summed E-state index contributed by atoms with van der Waals surface area (Å²) in [4.78, 5) is 24.2. The van der Waals surface area contributed by atoms with Gasteiger partial charge < -0.3 is 15.3 Å². The number of hydrogen-bond donors (Lipinski definition) is 2. The first-order valence-electron chi connectivity index (χ1n) is 6.43. The first kappa shape index (κ1) is 12.2. The van der Waals surface area contributed by atoms with E-state index in [-0.39, 0.29) is 12.5 Å². The largest absolute Gasteiger partial charge is 0.481 e. The van der Waals surface area contributed by atoms with Crippen molar-refractivity contribution in [3.63, 3.8) is 0 Å². The second-order valence-electron chi connectivity index (χ2n) is 5.06. The van der Waals surface area contributed by atoms with E-state index in [1.165, 1.54) is 12.8 Å². The summed E-state index contributed by atoms with van der Waals surface area (Å²) in [6, 6.07) is 0.430. The fourth-order valence-electron chi connectivity index (χ4n) is 1.90. The Morgan fingerprint density at radius 2 is 1.94 bits per heavy atom. The molecule has 2 N–H and O–H groups in total. The van der Waals surface area contributed by atoms with E-state index in [0.29, 0.717) is 24.9 Å². The average molecular weight is 240 g/mol. The molecule has 2 aliphatic carbocycles. The lowest BCUT2D eigenvalue weighted by atomic mass is 10.3. The normalized spacial score (nSPS) is 18.8. The average Bonchev–Trinajstić information content (AvgIpc) is 3.14. The number of nitrogens with zero attached hydrogens (tertiary/aromatic N) is 1. The molecule has 96 valence electrons. The van der Waals surface area contributed by atoms with Crippen LogP contribution in [0.4, 0.5) is 4.79 Å². The molecule has 0 aromatic heterocycles. The lowest BCUT2D eigenvalue weighted by Gasteiger charge is -2.22. The number of nitrogens with one attached hydrogen (secondary N) is 1. The summed E-state index contributed by atoms with van der Waals surface area (Å²) in [5.74, 6) is -0.100. The van der Waals surface area contributed by atoms with Crippen molar-refractivity contribution in [1.82, 2.24) is 10.2 Å². The molecule has 5 heteroatoms. The zero-order valence-corrected chi connectivity index (χ0v) is 10.0. The Morgan fingerprint density at radius 3 is 2.47 bits per heavy atom. The molecule has 2 fully saturated rings. The highest BCUT2D eigenvalue weighted by Gasteiger charge is 2.36. The van der Waals surface area contributed by atoms with Gasteiger partial charge in [0.1, 0.15) is 0 Å². The molecule has 2 saturated carbocycles. The van der Waals surface area contributed by atoms with Crippen molar-refractivity contribution in [2.75, 3.05) is 13.1 Å².